The second-order valence-electron chi connectivity index (χ2n) is 2.54. The van der Waals surface area contributed by atoms with Gasteiger partial charge in [0.1, 0.15) is 0 Å². The number of allylic oxidation sites excluding steroid dienone is 3. The molecule has 0 radical (unpaired) electrons. The van der Waals surface area contributed by atoms with Crippen molar-refractivity contribution in [3.63, 3.8) is 0 Å². The number of sulfone groups is 1. The SMILES string of the molecule is O=S(=O)(C1=CCCC=C1)C(F)(F)F. The summed E-state index contributed by atoms with van der Waals surface area (Å²) in [5.74, 6) is 0. The number of hydrogen-bond acceptors (Lipinski definition) is 2. The molecular formula is C7H7F3O2S. The maximum atomic E-state index is 12.0. The van der Waals surface area contributed by atoms with Gasteiger partial charge in [0, 0.05) is 0 Å². The Hall–Kier alpha value is -0.780. The molecule has 0 amide bonds. The minimum Gasteiger partial charge on any atom is -0.214 e. The zero-order chi connectivity index (χ0) is 10.1. The molecule has 1 aliphatic carbocycles. The molecule has 2 nitrogen and oxygen atoms in total. The van der Waals surface area contributed by atoms with Gasteiger partial charge in [-0.05, 0) is 18.9 Å². The van der Waals surface area contributed by atoms with E-state index in [0.29, 0.717) is 12.8 Å². The largest absolute Gasteiger partial charge is 0.501 e. The molecule has 0 fully saturated rings. The van der Waals surface area contributed by atoms with Gasteiger partial charge >= 0.3 is 5.51 Å². The van der Waals surface area contributed by atoms with Crippen molar-refractivity contribution < 1.29 is 21.6 Å². The molecule has 0 saturated carbocycles. The second kappa shape index (κ2) is 3.17. The summed E-state index contributed by atoms with van der Waals surface area (Å²) in [6, 6.07) is 0. The standard InChI is InChI=1S/C7H7F3O2S/c8-7(9,10)13(11,12)6-4-2-1-3-5-6/h2,4-5H,1,3H2. The predicted molar refractivity (Wildman–Crippen MR) is 41.4 cm³/mol. The molecule has 0 aromatic rings. The molecule has 0 unspecified atom stereocenters. The molecule has 0 N–H and O–H groups in total. The van der Waals surface area contributed by atoms with E-state index in [0.717, 1.165) is 12.2 Å². The van der Waals surface area contributed by atoms with Crippen molar-refractivity contribution in [2.75, 3.05) is 0 Å². The summed E-state index contributed by atoms with van der Waals surface area (Å²) in [4.78, 5) is -0.647. The number of alkyl halides is 3. The first-order chi connectivity index (χ1) is 5.86. The maximum absolute atomic E-state index is 12.0. The molecule has 1 rings (SSSR count). The molecule has 0 aliphatic heterocycles. The third-order valence-corrected chi connectivity index (χ3v) is 3.11. The lowest BCUT2D eigenvalue weighted by Gasteiger charge is -2.10. The van der Waals surface area contributed by atoms with Crippen LogP contribution in [-0.4, -0.2) is 13.9 Å². The van der Waals surface area contributed by atoms with Crippen molar-refractivity contribution >= 4 is 9.84 Å². The summed E-state index contributed by atoms with van der Waals surface area (Å²) in [7, 11) is -5.13. The van der Waals surface area contributed by atoms with Gasteiger partial charge < -0.3 is 0 Å². The number of halogens is 3. The monoisotopic (exact) mass is 212 g/mol. The average molecular weight is 212 g/mol. The quantitative estimate of drug-likeness (QED) is 0.667. The van der Waals surface area contributed by atoms with Gasteiger partial charge in [0.15, 0.2) is 0 Å². The fraction of sp³-hybridized carbons (Fsp3) is 0.429. The van der Waals surface area contributed by atoms with Crippen molar-refractivity contribution in [2.45, 2.75) is 18.3 Å². The van der Waals surface area contributed by atoms with Crippen LogP contribution >= 0.6 is 0 Å². The molecule has 0 saturated heterocycles. The van der Waals surface area contributed by atoms with Crippen molar-refractivity contribution in [1.82, 2.24) is 0 Å². The molecule has 0 aromatic heterocycles. The summed E-state index contributed by atoms with van der Waals surface area (Å²) < 4.78 is 57.4. The molecule has 0 aromatic carbocycles. The van der Waals surface area contributed by atoms with Crippen LogP contribution in [0.25, 0.3) is 0 Å². The van der Waals surface area contributed by atoms with Crippen LogP contribution in [0.3, 0.4) is 0 Å². The van der Waals surface area contributed by atoms with Crippen molar-refractivity contribution in [2.24, 2.45) is 0 Å². The first-order valence-corrected chi connectivity index (χ1v) is 5.02. The predicted octanol–water partition coefficient (Wildman–Crippen LogP) is 2.15. The van der Waals surface area contributed by atoms with E-state index in [1.165, 1.54) is 6.08 Å². The van der Waals surface area contributed by atoms with E-state index in [4.69, 9.17) is 0 Å². The fourth-order valence-electron chi connectivity index (χ4n) is 0.922. The van der Waals surface area contributed by atoms with E-state index in [9.17, 15) is 21.6 Å². The smallest absolute Gasteiger partial charge is 0.214 e. The van der Waals surface area contributed by atoms with Gasteiger partial charge in [0.25, 0.3) is 9.84 Å². The van der Waals surface area contributed by atoms with Crippen LogP contribution < -0.4 is 0 Å². The van der Waals surface area contributed by atoms with Crippen LogP contribution in [0.4, 0.5) is 13.2 Å². The summed E-state index contributed by atoms with van der Waals surface area (Å²) in [6.07, 6.45) is 4.41. The molecule has 0 atom stereocenters. The molecule has 0 spiro atoms. The fourth-order valence-corrected chi connectivity index (χ4v) is 1.80. The minimum atomic E-state index is -5.19. The van der Waals surface area contributed by atoms with Crippen molar-refractivity contribution in [3.8, 4) is 0 Å². The molecule has 0 bridgehead atoms. The average Bonchev–Trinajstić information content (AvgIpc) is 2.04. The normalized spacial score (nSPS) is 18.5. The molecule has 74 valence electrons. The lowest BCUT2D eigenvalue weighted by Crippen LogP contribution is -2.24. The van der Waals surface area contributed by atoms with Gasteiger partial charge in [0.05, 0.1) is 4.91 Å². The lowest BCUT2D eigenvalue weighted by atomic mass is 10.2. The Labute approximate surface area is 73.7 Å². The Morgan fingerprint density at radius 2 is 1.85 bits per heavy atom. The van der Waals surface area contributed by atoms with Crippen molar-refractivity contribution in [3.05, 3.63) is 23.1 Å². The minimum absolute atomic E-state index is 0.334. The topological polar surface area (TPSA) is 34.1 Å². The zero-order valence-corrected chi connectivity index (χ0v) is 7.32. The van der Waals surface area contributed by atoms with Gasteiger partial charge in [-0.1, -0.05) is 12.2 Å². The Kier molecular flexibility index (Phi) is 2.51. The van der Waals surface area contributed by atoms with Crippen LogP contribution in [0.5, 0.6) is 0 Å². The van der Waals surface area contributed by atoms with Crippen LogP contribution in [0.1, 0.15) is 12.8 Å². The highest BCUT2D eigenvalue weighted by Gasteiger charge is 2.47. The van der Waals surface area contributed by atoms with E-state index in [1.54, 1.807) is 0 Å². The Bertz CT molecular complexity index is 348. The highest BCUT2D eigenvalue weighted by Crippen LogP contribution is 2.31. The summed E-state index contributed by atoms with van der Waals surface area (Å²) >= 11 is 0. The first kappa shape index (κ1) is 10.3. The number of rotatable bonds is 1. The molecule has 0 heterocycles. The molecular weight excluding hydrogens is 205 g/mol. The summed E-state index contributed by atoms with van der Waals surface area (Å²) in [5, 5.41) is 0. The molecule has 6 heteroatoms. The van der Waals surface area contributed by atoms with E-state index in [-0.39, 0.29) is 0 Å². The van der Waals surface area contributed by atoms with Gasteiger partial charge in [-0.25, -0.2) is 8.42 Å². The first-order valence-electron chi connectivity index (χ1n) is 3.54. The van der Waals surface area contributed by atoms with Gasteiger partial charge in [-0.3, -0.25) is 0 Å². The van der Waals surface area contributed by atoms with E-state index < -0.39 is 20.3 Å². The van der Waals surface area contributed by atoms with Crippen LogP contribution in [0, 0.1) is 0 Å². The second-order valence-corrected chi connectivity index (χ2v) is 4.48. The number of hydrogen-bond donors (Lipinski definition) is 0. The third-order valence-electron chi connectivity index (χ3n) is 1.58. The Balaban J connectivity index is 3.08. The van der Waals surface area contributed by atoms with Gasteiger partial charge in [0.2, 0.25) is 0 Å². The third kappa shape index (κ3) is 1.93. The van der Waals surface area contributed by atoms with Crippen molar-refractivity contribution in [1.29, 1.82) is 0 Å². The Morgan fingerprint density at radius 3 is 2.23 bits per heavy atom. The van der Waals surface area contributed by atoms with E-state index in [1.807, 2.05) is 0 Å². The maximum Gasteiger partial charge on any atom is 0.501 e. The highest BCUT2D eigenvalue weighted by atomic mass is 32.2. The molecule has 13 heavy (non-hydrogen) atoms. The van der Waals surface area contributed by atoms with E-state index in [2.05, 4.69) is 0 Å². The van der Waals surface area contributed by atoms with Gasteiger partial charge in [-0.2, -0.15) is 13.2 Å². The van der Waals surface area contributed by atoms with Crippen LogP contribution in [0.15, 0.2) is 23.1 Å². The zero-order valence-electron chi connectivity index (χ0n) is 6.50. The highest BCUT2D eigenvalue weighted by molar-refractivity contribution is 7.96. The summed E-state index contributed by atoms with van der Waals surface area (Å²) in [6.45, 7) is 0. The Morgan fingerprint density at radius 1 is 1.23 bits per heavy atom. The molecule has 1 aliphatic rings. The van der Waals surface area contributed by atoms with Crippen LogP contribution in [-0.2, 0) is 9.84 Å². The van der Waals surface area contributed by atoms with E-state index >= 15 is 0 Å². The lowest BCUT2D eigenvalue weighted by molar-refractivity contribution is -0.0425. The van der Waals surface area contributed by atoms with Crippen LogP contribution in [0.2, 0.25) is 0 Å². The van der Waals surface area contributed by atoms with Gasteiger partial charge in [-0.15, -0.1) is 0 Å². The summed E-state index contributed by atoms with van der Waals surface area (Å²) in [5.41, 5.74) is -5.19.